The SMILES string of the molecule is COCC(C)N(C)S(=O)(=O)c1ccsc1CO. The van der Waals surface area contributed by atoms with Gasteiger partial charge in [0.25, 0.3) is 0 Å². The topological polar surface area (TPSA) is 66.8 Å². The van der Waals surface area contributed by atoms with E-state index in [-0.39, 0.29) is 17.5 Å². The molecule has 7 heteroatoms. The summed E-state index contributed by atoms with van der Waals surface area (Å²) in [5.41, 5.74) is 0. The van der Waals surface area contributed by atoms with Crippen LogP contribution in [0.4, 0.5) is 0 Å². The Kier molecular flexibility index (Phi) is 5.08. The molecule has 0 aliphatic heterocycles. The second-order valence-corrected chi connectivity index (χ2v) is 6.66. The van der Waals surface area contributed by atoms with Gasteiger partial charge in [0.15, 0.2) is 0 Å². The lowest BCUT2D eigenvalue weighted by Gasteiger charge is -2.23. The molecular weight excluding hydrogens is 262 g/mol. The highest BCUT2D eigenvalue weighted by atomic mass is 32.2. The lowest BCUT2D eigenvalue weighted by atomic mass is 10.4. The molecule has 1 atom stereocenters. The van der Waals surface area contributed by atoms with Gasteiger partial charge in [0.1, 0.15) is 0 Å². The van der Waals surface area contributed by atoms with Crippen molar-refractivity contribution >= 4 is 21.4 Å². The maximum absolute atomic E-state index is 12.3. The number of sulfonamides is 1. The molecule has 0 aromatic carbocycles. The Balaban J connectivity index is 3.03. The molecule has 0 bridgehead atoms. The number of thiophene rings is 1. The minimum Gasteiger partial charge on any atom is -0.391 e. The number of methoxy groups -OCH3 is 1. The van der Waals surface area contributed by atoms with E-state index in [0.717, 1.165) is 0 Å². The number of likely N-dealkylation sites (N-methyl/N-ethyl adjacent to an activating group) is 1. The Hall–Kier alpha value is -0.470. The first-order valence-corrected chi connectivity index (χ1v) is 7.41. The van der Waals surface area contributed by atoms with Crippen LogP contribution < -0.4 is 0 Å². The molecule has 0 spiro atoms. The van der Waals surface area contributed by atoms with E-state index in [0.29, 0.717) is 11.5 Å². The largest absolute Gasteiger partial charge is 0.391 e. The van der Waals surface area contributed by atoms with Gasteiger partial charge in [-0.3, -0.25) is 0 Å². The second-order valence-electron chi connectivity index (χ2n) is 3.69. The van der Waals surface area contributed by atoms with Crippen LogP contribution in [0.2, 0.25) is 0 Å². The van der Waals surface area contributed by atoms with Gasteiger partial charge in [-0.2, -0.15) is 4.31 Å². The first-order chi connectivity index (χ1) is 7.95. The average molecular weight is 279 g/mol. The number of aliphatic hydroxyl groups excluding tert-OH is 1. The number of hydrogen-bond donors (Lipinski definition) is 1. The first-order valence-electron chi connectivity index (χ1n) is 5.09. The summed E-state index contributed by atoms with van der Waals surface area (Å²) in [7, 11) is -0.516. The standard InChI is InChI=1S/C10H17NO4S2/c1-8(7-15-3)11(2)17(13,14)10-4-5-16-9(10)6-12/h4-5,8,12H,6-7H2,1-3H3. The number of rotatable bonds is 6. The molecule has 1 unspecified atom stereocenters. The lowest BCUT2D eigenvalue weighted by molar-refractivity contribution is 0.149. The van der Waals surface area contributed by atoms with Gasteiger partial charge in [0.2, 0.25) is 10.0 Å². The Labute approximate surface area is 106 Å². The molecule has 0 saturated heterocycles. The fourth-order valence-corrected chi connectivity index (χ4v) is 4.02. The summed E-state index contributed by atoms with van der Waals surface area (Å²) in [4.78, 5) is 0.636. The summed E-state index contributed by atoms with van der Waals surface area (Å²) >= 11 is 1.23. The third-order valence-electron chi connectivity index (χ3n) is 2.53. The highest BCUT2D eigenvalue weighted by Crippen LogP contribution is 2.25. The zero-order valence-corrected chi connectivity index (χ0v) is 11.7. The number of ether oxygens (including phenoxy) is 1. The van der Waals surface area contributed by atoms with Crippen LogP contribution in [-0.4, -0.2) is 44.6 Å². The quantitative estimate of drug-likeness (QED) is 0.840. The van der Waals surface area contributed by atoms with Crippen molar-refractivity contribution in [2.24, 2.45) is 0 Å². The van der Waals surface area contributed by atoms with Crippen molar-refractivity contribution in [1.29, 1.82) is 0 Å². The minimum absolute atomic E-state index is 0.176. The molecule has 0 fully saturated rings. The molecule has 1 aromatic heterocycles. The molecule has 1 aromatic rings. The zero-order chi connectivity index (χ0) is 13.1. The van der Waals surface area contributed by atoms with Crippen LogP contribution in [0.1, 0.15) is 11.8 Å². The molecule has 0 amide bonds. The maximum Gasteiger partial charge on any atom is 0.244 e. The molecule has 0 saturated carbocycles. The van der Waals surface area contributed by atoms with Crippen LogP contribution >= 0.6 is 11.3 Å². The van der Waals surface area contributed by atoms with Crippen molar-refractivity contribution in [1.82, 2.24) is 4.31 Å². The van der Waals surface area contributed by atoms with Crippen LogP contribution in [0.3, 0.4) is 0 Å². The maximum atomic E-state index is 12.3. The number of aliphatic hydroxyl groups is 1. The molecule has 0 aliphatic carbocycles. The molecule has 1 heterocycles. The van der Waals surface area contributed by atoms with Crippen molar-refractivity contribution in [2.75, 3.05) is 20.8 Å². The highest BCUT2D eigenvalue weighted by Gasteiger charge is 2.28. The minimum atomic E-state index is -3.56. The van der Waals surface area contributed by atoms with Crippen LogP contribution in [0.15, 0.2) is 16.3 Å². The fraction of sp³-hybridized carbons (Fsp3) is 0.600. The highest BCUT2D eigenvalue weighted by molar-refractivity contribution is 7.89. The number of hydrogen-bond acceptors (Lipinski definition) is 5. The van der Waals surface area contributed by atoms with Gasteiger partial charge >= 0.3 is 0 Å². The molecule has 5 nitrogen and oxygen atoms in total. The van der Waals surface area contributed by atoms with Gasteiger partial charge in [-0.1, -0.05) is 0 Å². The molecular formula is C10H17NO4S2. The normalized spacial score (nSPS) is 14.2. The van der Waals surface area contributed by atoms with Gasteiger partial charge in [-0.15, -0.1) is 11.3 Å². The molecule has 0 radical (unpaired) electrons. The summed E-state index contributed by atoms with van der Waals surface area (Å²) in [6.07, 6.45) is 0. The fourth-order valence-electron chi connectivity index (χ4n) is 1.41. The summed E-state index contributed by atoms with van der Waals surface area (Å²) in [6.45, 7) is 1.83. The van der Waals surface area contributed by atoms with Crippen LogP contribution in [0.5, 0.6) is 0 Å². The molecule has 0 aliphatic rings. The Morgan fingerprint density at radius 3 is 2.76 bits per heavy atom. The van der Waals surface area contributed by atoms with Crippen molar-refractivity contribution in [3.8, 4) is 0 Å². The Bertz CT molecular complexity index is 455. The van der Waals surface area contributed by atoms with Gasteiger partial charge in [0.05, 0.1) is 18.1 Å². The van der Waals surface area contributed by atoms with E-state index in [1.165, 1.54) is 35.9 Å². The van der Waals surface area contributed by atoms with Gasteiger partial charge < -0.3 is 9.84 Å². The van der Waals surface area contributed by atoms with E-state index in [1.54, 1.807) is 12.3 Å². The Morgan fingerprint density at radius 1 is 1.59 bits per heavy atom. The van der Waals surface area contributed by atoms with Gasteiger partial charge in [-0.05, 0) is 18.4 Å². The third-order valence-corrected chi connectivity index (χ3v) is 5.63. The van der Waals surface area contributed by atoms with Crippen molar-refractivity contribution in [3.05, 3.63) is 16.3 Å². The van der Waals surface area contributed by atoms with Gasteiger partial charge in [0, 0.05) is 25.1 Å². The lowest BCUT2D eigenvalue weighted by Crippen LogP contribution is -2.37. The van der Waals surface area contributed by atoms with E-state index in [4.69, 9.17) is 9.84 Å². The van der Waals surface area contributed by atoms with E-state index in [2.05, 4.69) is 0 Å². The van der Waals surface area contributed by atoms with E-state index in [1.807, 2.05) is 0 Å². The van der Waals surface area contributed by atoms with E-state index in [9.17, 15) is 8.42 Å². The predicted molar refractivity (Wildman–Crippen MR) is 66.5 cm³/mol. The Morgan fingerprint density at radius 2 is 2.24 bits per heavy atom. The summed E-state index contributed by atoms with van der Waals surface area (Å²) < 4.78 is 30.7. The van der Waals surface area contributed by atoms with Crippen LogP contribution in [0.25, 0.3) is 0 Å². The van der Waals surface area contributed by atoms with Crippen LogP contribution in [0, 0.1) is 0 Å². The van der Waals surface area contributed by atoms with Crippen molar-refractivity contribution in [2.45, 2.75) is 24.5 Å². The van der Waals surface area contributed by atoms with Crippen molar-refractivity contribution < 1.29 is 18.3 Å². The molecule has 98 valence electrons. The summed E-state index contributed by atoms with van der Waals surface area (Å²) in [5.74, 6) is 0. The third kappa shape index (κ3) is 3.05. The van der Waals surface area contributed by atoms with Crippen LogP contribution in [-0.2, 0) is 21.4 Å². The van der Waals surface area contributed by atoms with Crippen molar-refractivity contribution in [3.63, 3.8) is 0 Å². The summed E-state index contributed by atoms with van der Waals surface area (Å²) in [6, 6.07) is 1.26. The summed E-state index contributed by atoms with van der Waals surface area (Å²) in [5, 5.41) is 10.8. The molecule has 17 heavy (non-hydrogen) atoms. The molecule has 1 N–H and O–H groups in total. The van der Waals surface area contributed by atoms with E-state index < -0.39 is 10.0 Å². The average Bonchev–Trinajstić information content (AvgIpc) is 2.76. The predicted octanol–water partition coefficient (Wildman–Crippen LogP) is 0.896. The number of nitrogens with zero attached hydrogens (tertiary/aromatic N) is 1. The van der Waals surface area contributed by atoms with E-state index >= 15 is 0 Å². The smallest absolute Gasteiger partial charge is 0.244 e. The molecule has 1 rings (SSSR count). The monoisotopic (exact) mass is 279 g/mol. The first kappa shape index (κ1) is 14.6. The van der Waals surface area contributed by atoms with Gasteiger partial charge in [-0.25, -0.2) is 8.42 Å². The zero-order valence-electron chi connectivity index (χ0n) is 10.1. The second kappa shape index (κ2) is 5.92.